The zero-order valence-electron chi connectivity index (χ0n) is 14.4. The molecule has 1 aromatic carbocycles. The van der Waals surface area contributed by atoms with Gasteiger partial charge in [-0.25, -0.2) is 0 Å². The smallest absolute Gasteiger partial charge is 0.326 e. The van der Waals surface area contributed by atoms with E-state index in [4.69, 9.17) is 4.74 Å². The van der Waals surface area contributed by atoms with Crippen LogP contribution >= 0.6 is 0 Å². The topological polar surface area (TPSA) is 31.2 Å². The number of aromatic nitrogens is 1. The Balaban J connectivity index is 1.68. The summed E-state index contributed by atoms with van der Waals surface area (Å²) >= 11 is 0. The van der Waals surface area contributed by atoms with Crippen molar-refractivity contribution < 1.29 is 9.53 Å². The zero-order chi connectivity index (χ0) is 16.4. The van der Waals surface area contributed by atoms with Gasteiger partial charge in [-0.3, -0.25) is 4.79 Å². The van der Waals surface area contributed by atoms with Crippen molar-refractivity contribution in [1.29, 1.82) is 0 Å². The molecule has 0 unspecified atom stereocenters. The predicted octanol–water partition coefficient (Wildman–Crippen LogP) is 4.65. The molecule has 0 spiro atoms. The largest absolute Gasteiger partial charge is 0.461 e. The van der Waals surface area contributed by atoms with Crippen molar-refractivity contribution in [2.45, 2.75) is 52.7 Å². The summed E-state index contributed by atoms with van der Waals surface area (Å²) in [6.07, 6.45) is 5.46. The summed E-state index contributed by atoms with van der Waals surface area (Å²) in [5, 5.41) is 1.16. The Morgan fingerprint density at radius 3 is 2.83 bits per heavy atom. The second-order valence-corrected chi connectivity index (χ2v) is 7.36. The molecule has 3 nitrogen and oxygen atoms in total. The lowest BCUT2D eigenvalue weighted by atomic mass is 9.75. The quantitative estimate of drug-likeness (QED) is 0.770. The van der Waals surface area contributed by atoms with Gasteiger partial charge in [-0.05, 0) is 48.1 Å². The Morgan fingerprint density at radius 2 is 2.04 bits per heavy atom. The van der Waals surface area contributed by atoms with Gasteiger partial charge in [0.2, 0.25) is 0 Å². The zero-order valence-corrected chi connectivity index (χ0v) is 14.4. The Hall–Kier alpha value is -1.77. The van der Waals surface area contributed by atoms with Gasteiger partial charge in [-0.2, -0.15) is 0 Å². The maximum absolute atomic E-state index is 12.5. The third kappa shape index (κ3) is 3.60. The second kappa shape index (κ2) is 6.77. The summed E-state index contributed by atoms with van der Waals surface area (Å²) in [5.74, 6) is 1.59. The Kier molecular flexibility index (Phi) is 4.74. The van der Waals surface area contributed by atoms with Crippen molar-refractivity contribution >= 4 is 16.9 Å². The van der Waals surface area contributed by atoms with E-state index in [1.807, 2.05) is 35.0 Å². The van der Waals surface area contributed by atoms with Crippen LogP contribution < -0.4 is 0 Å². The van der Waals surface area contributed by atoms with E-state index in [1.165, 1.54) is 12.8 Å². The fourth-order valence-corrected chi connectivity index (χ4v) is 3.87. The molecule has 2 aromatic rings. The average Bonchev–Trinajstić information content (AvgIpc) is 2.90. The molecule has 3 rings (SSSR count). The molecule has 1 aliphatic carbocycles. The van der Waals surface area contributed by atoms with E-state index in [2.05, 4.69) is 26.8 Å². The molecule has 124 valence electrons. The van der Waals surface area contributed by atoms with E-state index in [0.717, 1.165) is 17.3 Å². The molecule has 0 aliphatic heterocycles. The molecule has 3 heteroatoms. The summed E-state index contributed by atoms with van der Waals surface area (Å²) in [4.78, 5) is 12.5. The first-order chi connectivity index (χ1) is 11.0. The van der Waals surface area contributed by atoms with Crippen molar-refractivity contribution in [1.82, 2.24) is 4.57 Å². The number of hydrogen-bond donors (Lipinski definition) is 0. The lowest BCUT2D eigenvalue weighted by molar-refractivity contribution is -0.156. The highest BCUT2D eigenvalue weighted by molar-refractivity contribution is 5.81. The van der Waals surface area contributed by atoms with Crippen LogP contribution in [0.5, 0.6) is 0 Å². The van der Waals surface area contributed by atoms with Gasteiger partial charge < -0.3 is 9.30 Å². The standard InChI is InChI=1S/C20H27NO2/c1-14(2)17-9-8-15(3)12-19(17)23-20(22)13-21-11-10-16-6-4-5-7-18(16)21/h4-7,10-11,14-15,17,19H,8-9,12-13H2,1-3H3/t15-,17+,19-/m1/s1. The normalized spacial score (nSPS) is 25.0. The monoisotopic (exact) mass is 313 g/mol. The van der Waals surface area contributed by atoms with E-state index >= 15 is 0 Å². The summed E-state index contributed by atoms with van der Waals surface area (Å²) in [6.45, 7) is 7.03. The minimum Gasteiger partial charge on any atom is -0.461 e. The first-order valence-electron chi connectivity index (χ1n) is 8.78. The molecule has 1 fully saturated rings. The molecule has 1 heterocycles. The lowest BCUT2D eigenvalue weighted by Crippen LogP contribution is -2.36. The van der Waals surface area contributed by atoms with Crippen LogP contribution in [-0.4, -0.2) is 16.6 Å². The fourth-order valence-electron chi connectivity index (χ4n) is 3.87. The number of fused-ring (bicyclic) bond motifs is 1. The molecule has 1 aromatic heterocycles. The molecular weight excluding hydrogens is 286 g/mol. The number of esters is 1. The van der Waals surface area contributed by atoms with E-state index in [9.17, 15) is 4.79 Å². The predicted molar refractivity (Wildman–Crippen MR) is 93.2 cm³/mol. The molecule has 3 atom stereocenters. The first-order valence-corrected chi connectivity index (χ1v) is 8.78. The van der Waals surface area contributed by atoms with Crippen LogP contribution in [0.3, 0.4) is 0 Å². The van der Waals surface area contributed by atoms with Gasteiger partial charge >= 0.3 is 5.97 Å². The van der Waals surface area contributed by atoms with Crippen LogP contribution in [-0.2, 0) is 16.1 Å². The van der Waals surface area contributed by atoms with E-state index < -0.39 is 0 Å². The SMILES string of the molecule is CC(C)[C@@H]1CC[C@@H](C)C[C@H]1OC(=O)Cn1ccc2ccccc21. The number of rotatable bonds is 4. The molecule has 0 bridgehead atoms. The number of hydrogen-bond acceptors (Lipinski definition) is 2. The van der Waals surface area contributed by atoms with Gasteiger partial charge in [0.25, 0.3) is 0 Å². The van der Waals surface area contributed by atoms with E-state index in [0.29, 0.717) is 24.3 Å². The molecule has 0 amide bonds. The van der Waals surface area contributed by atoms with Gasteiger partial charge in [-0.1, -0.05) is 45.4 Å². The van der Waals surface area contributed by atoms with Gasteiger partial charge in [0, 0.05) is 11.7 Å². The summed E-state index contributed by atoms with van der Waals surface area (Å²) in [5.41, 5.74) is 1.09. The summed E-state index contributed by atoms with van der Waals surface area (Å²) < 4.78 is 7.88. The molecular formula is C20H27NO2. The van der Waals surface area contributed by atoms with Crippen LogP contribution in [0.2, 0.25) is 0 Å². The Morgan fingerprint density at radius 1 is 1.26 bits per heavy atom. The number of carbonyl (C=O) groups is 1. The van der Waals surface area contributed by atoms with Crippen molar-refractivity contribution in [3.8, 4) is 0 Å². The van der Waals surface area contributed by atoms with Gasteiger partial charge in [0.05, 0.1) is 0 Å². The van der Waals surface area contributed by atoms with Crippen LogP contribution in [0.15, 0.2) is 36.5 Å². The third-order valence-electron chi connectivity index (χ3n) is 5.22. The first kappa shape index (κ1) is 16.1. The van der Waals surface area contributed by atoms with E-state index in [1.54, 1.807) is 0 Å². The summed E-state index contributed by atoms with van der Waals surface area (Å²) in [7, 11) is 0. The molecule has 0 radical (unpaired) electrons. The van der Waals surface area contributed by atoms with Crippen molar-refractivity contribution in [3.05, 3.63) is 36.5 Å². The van der Waals surface area contributed by atoms with Gasteiger partial charge in [0.1, 0.15) is 12.6 Å². The van der Waals surface area contributed by atoms with Crippen molar-refractivity contribution in [2.75, 3.05) is 0 Å². The highest BCUT2D eigenvalue weighted by Gasteiger charge is 2.33. The minimum absolute atomic E-state index is 0.0769. The van der Waals surface area contributed by atoms with Crippen molar-refractivity contribution in [3.63, 3.8) is 0 Å². The number of benzene rings is 1. The highest BCUT2D eigenvalue weighted by Crippen LogP contribution is 2.35. The average molecular weight is 313 g/mol. The molecule has 1 aliphatic rings. The third-order valence-corrected chi connectivity index (χ3v) is 5.22. The van der Waals surface area contributed by atoms with Crippen LogP contribution in [0, 0.1) is 17.8 Å². The van der Waals surface area contributed by atoms with Gasteiger partial charge in [0.15, 0.2) is 0 Å². The Bertz CT molecular complexity index is 673. The van der Waals surface area contributed by atoms with Crippen LogP contribution in [0.4, 0.5) is 0 Å². The Labute approximate surface area is 138 Å². The van der Waals surface area contributed by atoms with Gasteiger partial charge in [-0.15, -0.1) is 0 Å². The minimum atomic E-state index is -0.115. The lowest BCUT2D eigenvalue weighted by Gasteiger charge is -2.36. The van der Waals surface area contributed by atoms with Crippen molar-refractivity contribution in [2.24, 2.45) is 17.8 Å². The second-order valence-electron chi connectivity index (χ2n) is 7.36. The highest BCUT2D eigenvalue weighted by atomic mass is 16.5. The maximum atomic E-state index is 12.5. The summed E-state index contributed by atoms with van der Waals surface area (Å²) in [6, 6.07) is 10.2. The maximum Gasteiger partial charge on any atom is 0.326 e. The molecule has 0 saturated heterocycles. The van der Waals surface area contributed by atoms with Crippen LogP contribution in [0.25, 0.3) is 10.9 Å². The number of carbonyl (C=O) groups excluding carboxylic acids is 1. The fraction of sp³-hybridized carbons (Fsp3) is 0.550. The number of para-hydroxylation sites is 1. The molecule has 0 N–H and O–H groups in total. The van der Waals surface area contributed by atoms with Crippen LogP contribution in [0.1, 0.15) is 40.0 Å². The molecule has 1 saturated carbocycles. The number of nitrogens with zero attached hydrogens (tertiary/aromatic N) is 1. The number of ether oxygens (including phenoxy) is 1. The molecule has 23 heavy (non-hydrogen) atoms. The van der Waals surface area contributed by atoms with E-state index in [-0.39, 0.29) is 12.1 Å².